The summed E-state index contributed by atoms with van der Waals surface area (Å²) in [4.78, 5) is 0. The molecule has 10 heteroatoms. The third-order valence-electron chi connectivity index (χ3n) is 3.09. The van der Waals surface area contributed by atoms with Crippen LogP contribution in [0.3, 0.4) is 0 Å². The lowest BCUT2D eigenvalue weighted by atomic mass is 10.1. The number of ether oxygens (including phenoxy) is 3. The van der Waals surface area contributed by atoms with E-state index in [2.05, 4.69) is 20.7 Å². The third kappa shape index (κ3) is 4.29. The second-order valence-corrected chi connectivity index (χ2v) is 6.14. The van der Waals surface area contributed by atoms with Crippen LogP contribution in [0.1, 0.15) is 5.56 Å². The Morgan fingerprint density at radius 2 is 2.09 bits per heavy atom. The van der Waals surface area contributed by atoms with Gasteiger partial charge in [-0.3, -0.25) is 0 Å². The maximum atomic E-state index is 12.8. The number of hydrogen-bond acceptors (Lipinski definition) is 3. The van der Waals surface area contributed by atoms with Gasteiger partial charge in [0.2, 0.25) is 5.79 Å². The van der Waals surface area contributed by atoms with Gasteiger partial charge in [-0.2, -0.15) is 8.78 Å². The number of rotatable bonds is 6. The number of benzene rings is 1. The monoisotopic (exact) mass is 440 g/mol. The van der Waals surface area contributed by atoms with Crippen molar-refractivity contribution in [3.8, 4) is 0 Å². The van der Waals surface area contributed by atoms with Gasteiger partial charge in [0.05, 0.1) is 23.6 Å². The molecule has 23 heavy (non-hydrogen) atoms. The van der Waals surface area contributed by atoms with E-state index < -0.39 is 31.0 Å². The van der Waals surface area contributed by atoms with Gasteiger partial charge in [0.1, 0.15) is 6.10 Å². The van der Waals surface area contributed by atoms with Gasteiger partial charge >= 0.3 is 12.5 Å². The fourth-order valence-electron chi connectivity index (χ4n) is 2.00. The van der Waals surface area contributed by atoms with E-state index in [4.69, 9.17) is 32.7 Å². The Morgan fingerprint density at radius 1 is 1.39 bits per heavy atom. The number of hydrogen-bond donors (Lipinski definition) is 0. The molecule has 1 aromatic rings. The lowest BCUT2D eigenvalue weighted by molar-refractivity contribution is -0.308. The highest BCUT2D eigenvalue weighted by Crippen LogP contribution is 2.40. The summed E-state index contributed by atoms with van der Waals surface area (Å²) in [7, 11) is 0. The van der Waals surface area contributed by atoms with E-state index in [0.717, 1.165) is 0 Å². The van der Waals surface area contributed by atoms with E-state index in [-0.39, 0.29) is 17.0 Å². The minimum Gasteiger partial charge on any atom is -0.342 e. The van der Waals surface area contributed by atoms with Crippen molar-refractivity contribution < 1.29 is 31.8 Å². The van der Waals surface area contributed by atoms with Crippen molar-refractivity contribution in [2.24, 2.45) is 0 Å². The molecule has 0 aliphatic carbocycles. The first kappa shape index (κ1) is 19.2. The Balaban J connectivity index is 2.09. The van der Waals surface area contributed by atoms with Gasteiger partial charge in [-0.15, -0.1) is 0 Å². The van der Waals surface area contributed by atoms with E-state index in [9.17, 15) is 17.6 Å². The van der Waals surface area contributed by atoms with Crippen molar-refractivity contribution in [1.82, 2.24) is 0 Å². The molecule has 1 heterocycles. The molecular weight excluding hydrogens is 431 g/mol. The fourth-order valence-corrected chi connectivity index (χ4v) is 3.14. The first-order valence-corrected chi connectivity index (χ1v) is 8.21. The quantitative estimate of drug-likeness (QED) is 0.467. The van der Waals surface area contributed by atoms with Crippen LogP contribution in [0.15, 0.2) is 18.2 Å². The smallest absolute Gasteiger partial charge is 0.342 e. The van der Waals surface area contributed by atoms with Crippen molar-refractivity contribution in [1.29, 1.82) is 0 Å². The maximum Gasteiger partial charge on any atom is 0.416 e. The minimum absolute atomic E-state index is 0.121. The first-order chi connectivity index (χ1) is 10.7. The van der Waals surface area contributed by atoms with Crippen LogP contribution in [0, 0.1) is 0 Å². The zero-order chi connectivity index (χ0) is 17.3. The van der Waals surface area contributed by atoms with Gasteiger partial charge in [-0.25, -0.2) is 8.78 Å². The van der Waals surface area contributed by atoms with Crippen molar-refractivity contribution in [3.05, 3.63) is 33.8 Å². The highest BCUT2D eigenvalue weighted by molar-refractivity contribution is 9.09. The third-order valence-corrected chi connectivity index (χ3v) is 4.38. The Hall–Kier alpha value is -0.120. The molecule has 1 fully saturated rings. The van der Waals surface area contributed by atoms with Crippen LogP contribution in [-0.4, -0.2) is 37.2 Å². The molecule has 0 spiro atoms. The average molecular weight is 442 g/mol. The van der Waals surface area contributed by atoms with Crippen LogP contribution in [0.4, 0.5) is 17.6 Å². The number of halogens is 7. The molecule has 0 N–H and O–H groups in total. The molecule has 0 saturated carbocycles. The van der Waals surface area contributed by atoms with Gasteiger partial charge in [-0.05, 0) is 12.1 Å². The zero-order valence-corrected chi connectivity index (χ0v) is 14.5. The molecule has 2 atom stereocenters. The summed E-state index contributed by atoms with van der Waals surface area (Å²) in [6.07, 6.45) is -9.42. The lowest BCUT2D eigenvalue weighted by Gasteiger charge is -2.27. The molecule has 1 saturated heterocycles. The SMILES string of the molecule is FC(F)C(F)(F)OCC1COC(CBr)(c2ccc(Cl)cc2Cl)O1. The van der Waals surface area contributed by atoms with E-state index in [1.54, 1.807) is 12.1 Å². The fraction of sp³-hybridized carbons (Fsp3) is 0.538. The van der Waals surface area contributed by atoms with Crippen LogP contribution < -0.4 is 0 Å². The predicted octanol–water partition coefficient (Wildman–Crippen LogP) is 4.83. The molecule has 0 aromatic heterocycles. The zero-order valence-electron chi connectivity index (χ0n) is 11.4. The summed E-state index contributed by atoms with van der Waals surface area (Å²) >= 11 is 15.1. The second-order valence-electron chi connectivity index (χ2n) is 4.74. The van der Waals surface area contributed by atoms with Crippen LogP contribution in [0.2, 0.25) is 10.0 Å². The second kappa shape index (κ2) is 7.41. The van der Waals surface area contributed by atoms with Gasteiger partial charge < -0.3 is 14.2 Å². The molecule has 2 rings (SSSR count). The van der Waals surface area contributed by atoms with E-state index in [0.29, 0.717) is 10.6 Å². The molecule has 1 aliphatic rings. The molecule has 0 bridgehead atoms. The van der Waals surface area contributed by atoms with E-state index in [1.165, 1.54) is 6.07 Å². The van der Waals surface area contributed by atoms with Crippen molar-refractivity contribution in [3.63, 3.8) is 0 Å². The molecule has 1 aromatic carbocycles. The summed E-state index contributed by atoms with van der Waals surface area (Å²) in [5, 5.41) is 0.803. The summed E-state index contributed by atoms with van der Waals surface area (Å²) in [5.41, 5.74) is 0.434. The molecule has 0 radical (unpaired) electrons. The molecule has 3 nitrogen and oxygen atoms in total. The highest BCUT2D eigenvalue weighted by Gasteiger charge is 2.47. The summed E-state index contributed by atoms with van der Waals surface area (Å²) in [6.45, 7) is -0.874. The van der Waals surface area contributed by atoms with Crippen molar-refractivity contribution >= 4 is 39.1 Å². The standard InChI is InChI=1S/C13H11BrCl2F4O3/c14-6-12(9-2-1-7(15)3-10(9)16)21-4-8(23-12)5-22-13(19,20)11(17)18/h1-3,8,11H,4-6H2. The van der Waals surface area contributed by atoms with Gasteiger partial charge in [0.25, 0.3) is 0 Å². The molecule has 0 amide bonds. The van der Waals surface area contributed by atoms with E-state index in [1.807, 2.05) is 0 Å². The van der Waals surface area contributed by atoms with Crippen LogP contribution in [0.25, 0.3) is 0 Å². The van der Waals surface area contributed by atoms with Crippen molar-refractivity contribution in [2.75, 3.05) is 18.5 Å². The molecule has 1 aliphatic heterocycles. The predicted molar refractivity (Wildman–Crippen MR) is 79.7 cm³/mol. The highest BCUT2D eigenvalue weighted by atomic mass is 79.9. The summed E-state index contributed by atoms with van der Waals surface area (Å²) < 4.78 is 64.8. The minimum atomic E-state index is -4.54. The summed E-state index contributed by atoms with van der Waals surface area (Å²) in [5.74, 6) is -1.34. The van der Waals surface area contributed by atoms with E-state index >= 15 is 0 Å². The Kier molecular flexibility index (Phi) is 6.19. The normalized spacial score (nSPS) is 25.3. The first-order valence-electron chi connectivity index (χ1n) is 6.33. The van der Waals surface area contributed by atoms with Crippen LogP contribution in [0.5, 0.6) is 0 Å². The Labute approximate surface area is 147 Å². The maximum absolute atomic E-state index is 12.8. The van der Waals surface area contributed by atoms with Gasteiger partial charge in [-0.1, -0.05) is 45.2 Å². The largest absolute Gasteiger partial charge is 0.416 e. The molecule has 2 unspecified atom stereocenters. The van der Waals surface area contributed by atoms with Gasteiger partial charge in [0.15, 0.2) is 0 Å². The number of alkyl halides is 5. The topological polar surface area (TPSA) is 27.7 Å². The lowest BCUT2D eigenvalue weighted by Crippen LogP contribution is -2.35. The van der Waals surface area contributed by atoms with Crippen LogP contribution >= 0.6 is 39.1 Å². The van der Waals surface area contributed by atoms with Crippen molar-refractivity contribution in [2.45, 2.75) is 24.4 Å². The van der Waals surface area contributed by atoms with Gasteiger partial charge in [0, 0.05) is 10.6 Å². The van der Waals surface area contributed by atoms with Crippen LogP contribution in [-0.2, 0) is 20.0 Å². The molecule has 130 valence electrons. The Morgan fingerprint density at radius 3 is 2.65 bits per heavy atom. The average Bonchev–Trinajstić information content (AvgIpc) is 2.90. The summed E-state index contributed by atoms with van der Waals surface area (Å²) in [6, 6.07) is 4.61. The Bertz CT molecular complexity index is 564. The molecular formula is C13H11BrCl2F4O3.